The number of hydrogen-bond donors (Lipinski definition) is 1. The number of hydroxylamine groups is 1. The van der Waals surface area contributed by atoms with Gasteiger partial charge in [0.15, 0.2) is 0 Å². The Morgan fingerprint density at radius 1 is 1.29 bits per heavy atom. The third kappa shape index (κ3) is 1.71. The maximum atomic E-state index is 12.6. The molecule has 0 aromatic carbocycles. The van der Waals surface area contributed by atoms with Gasteiger partial charge in [-0.15, -0.1) is 0 Å². The number of rotatable bonds is 1. The summed E-state index contributed by atoms with van der Waals surface area (Å²) in [7, 11) is 0. The SMILES string of the molecule is [O-][N+]1=C2CCc3c(no[n+]3[O-])[C@]2(O)C[C@H]1N1CCOCC1. The molecule has 1 saturated heterocycles. The summed E-state index contributed by atoms with van der Waals surface area (Å²) in [6.45, 7) is 2.46. The maximum Gasteiger partial charge on any atom is 0.263 e. The number of aromatic nitrogens is 2. The van der Waals surface area contributed by atoms with E-state index in [1.165, 1.54) is 0 Å². The zero-order chi connectivity index (χ0) is 14.6. The van der Waals surface area contributed by atoms with Crippen molar-refractivity contribution in [3.05, 3.63) is 21.8 Å². The molecule has 3 heterocycles. The Morgan fingerprint density at radius 2 is 2.05 bits per heavy atom. The van der Waals surface area contributed by atoms with E-state index in [1.54, 1.807) is 0 Å². The van der Waals surface area contributed by atoms with E-state index in [4.69, 9.17) is 4.74 Å². The second-order valence-electron chi connectivity index (χ2n) is 5.69. The summed E-state index contributed by atoms with van der Waals surface area (Å²) < 4.78 is 10.8. The Bertz CT molecular complexity index is 609. The third-order valence-corrected chi connectivity index (χ3v) is 4.65. The minimum atomic E-state index is -1.49. The normalized spacial score (nSPS) is 33.1. The summed E-state index contributed by atoms with van der Waals surface area (Å²) in [5.41, 5.74) is -0.606. The summed E-state index contributed by atoms with van der Waals surface area (Å²) in [5, 5.41) is 38.7. The van der Waals surface area contributed by atoms with E-state index in [-0.39, 0.29) is 12.1 Å². The van der Waals surface area contributed by atoms with Crippen molar-refractivity contribution in [2.45, 2.75) is 31.0 Å². The Balaban J connectivity index is 1.72. The van der Waals surface area contributed by atoms with Crippen molar-refractivity contribution in [3.8, 4) is 0 Å². The Kier molecular flexibility index (Phi) is 2.72. The van der Waals surface area contributed by atoms with Crippen LogP contribution in [0.4, 0.5) is 0 Å². The number of morpholine rings is 1. The molecule has 9 heteroatoms. The number of hydrogen-bond acceptors (Lipinski definition) is 7. The van der Waals surface area contributed by atoms with E-state index in [0.29, 0.717) is 55.5 Å². The molecule has 1 N–H and O–H groups in total. The van der Waals surface area contributed by atoms with Crippen molar-refractivity contribution < 1.29 is 24.1 Å². The molecule has 114 valence electrons. The molecule has 1 aliphatic carbocycles. The van der Waals surface area contributed by atoms with Gasteiger partial charge in [-0.3, -0.25) is 4.63 Å². The second kappa shape index (κ2) is 4.39. The number of fused-ring (bicyclic) bond motifs is 3. The highest BCUT2D eigenvalue weighted by molar-refractivity contribution is 5.91. The maximum absolute atomic E-state index is 12.6. The first-order valence-corrected chi connectivity index (χ1v) is 7.07. The molecule has 9 nitrogen and oxygen atoms in total. The summed E-state index contributed by atoms with van der Waals surface area (Å²) in [4.78, 5) is 2.33. The molecule has 0 saturated carbocycles. The summed E-state index contributed by atoms with van der Waals surface area (Å²) >= 11 is 0. The van der Waals surface area contributed by atoms with E-state index < -0.39 is 11.8 Å². The second-order valence-corrected chi connectivity index (χ2v) is 5.69. The molecule has 1 aromatic heterocycles. The lowest BCUT2D eigenvalue weighted by Crippen LogP contribution is -2.47. The highest BCUT2D eigenvalue weighted by atomic mass is 16.8. The molecule has 1 aromatic rings. The van der Waals surface area contributed by atoms with Gasteiger partial charge in [0, 0.05) is 31.1 Å². The van der Waals surface area contributed by atoms with Crippen molar-refractivity contribution in [3.63, 3.8) is 0 Å². The van der Waals surface area contributed by atoms with Crippen LogP contribution in [0.1, 0.15) is 24.2 Å². The standard InChI is InChI=1S/C12H16N4O5/c17-12-7-10(14-3-5-20-6-4-14)15(18)9(12)2-1-8-11(12)13-21-16(8)19/h10,17H,1-7H2/t10-,12-/m0/s1. The van der Waals surface area contributed by atoms with Crippen molar-refractivity contribution in [1.29, 1.82) is 0 Å². The highest BCUT2D eigenvalue weighted by Crippen LogP contribution is 2.40. The molecule has 21 heavy (non-hydrogen) atoms. The fourth-order valence-corrected chi connectivity index (χ4v) is 3.56. The zero-order valence-corrected chi connectivity index (χ0v) is 11.4. The Morgan fingerprint density at radius 3 is 2.81 bits per heavy atom. The van der Waals surface area contributed by atoms with E-state index >= 15 is 0 Å². The van der Waals surface area contributed by atoms with Crippen LogP contribution in [0.25, 0.3) is 0 Å². The summed E-state index contributed by atoms with van der Waals surface area (Å²) in [6.07, 6.45) is 0.452. The minimum absolute atomic E-state index is 0.190. The average molecular weight is 296 g/mol. The molecule has 0 radical (unpaired) electrons. The molecule has 1 fully saturated rings. The van der Waals surface area contributed by atoms with Gasteiger partial charge in [-0.2, -0.15) is 4.74 Å². The Hall–Kier alpha value is -1.71. The first-order valence-electron chi connectivity index (χ1n) is 7.07. The van der Waals surface area contributed by atoms with Crippen LogP contribution in [0.3, 0.4) is 0 Å². The van der Waals surface area contributed by atoms with Gasteiger partial charge in [0.1, 0.15) is 0 Å². The summed E-state index contributed by atoms with van der Waals surface area (Å²) in [5.74, 6) is 0. The van der Waals surface area contributed by atoms with Crippen LogP contribution in [-0.4, -0.2) is 58.1 Å². The zero-order valence-electron chi connectivity index (χ0n) is 11.4. The predicted octanol–water partition coefficient (Wildman–Crippen LogP) is -1.54. The van der Waals surface area contributed by atoms with Crippen LogP contribution >= 0.6 is 0 Å². The molecular weight excluding hydrogens is 280 g/mol. The minimum Gasteiger partial charge on any atom is -0.623 e. The van der Waals surface area contributed by atoms with Crippen LogP contribution < -0.4 is 4.90 Å². The lowest BCUT2D eigenvalue weighted by Gasteiger charge is -2.30. The summed E-state index contributed by atoms with van der Waals surface area (Å²) in [6, 6.07) is 0. The van der Waals surface area contributed by atoms with E-state index in [1.807, 2.05) is 4.90 Å². The van der Waals surface area contributed by atoms with Gasteiger partial charge in [-0.25, -0.2) is 4.90 Å². The molecule has 0 bridgehead atoms. The number of nitrogens with zero attached hydrogens (tertiary/aromatic N) is 4. The van der Waals surface area contributed by atoms with Gasteiger partial charge >= 0.3 is 0 Å². The number of aliphatic hydroxyl groups is 1. The monoisotopic (exact) mass is 296 g/mol. The van der Waals surface area contributed by atoms with Crippen molar-refractivity contribution >= 4 is 5.71 Å². The Labute approximate surface area is 120 Å². The van der Waals surface area contributed by atoms with Crippen LogP contribution in [0.2, 0.25) is 0 Å². The molecule has 4 rings (SSSR count). The van der Waals surface area contributed by atoms with E-state index in [2.05, 4.69) is 9.79 Å². The molecule has 0 amide bonds. The van der Waals surface area contributed by atoms with Gasteiger partial charge in [0.2, 0.25) is 23.2 Å². The van der Waals surface area contributed by atoms with E-state index in [0.717, 1.165) is 4.74 Å². The molecule has 2 atom stereocenters. The average Bonchev–Trinajstić information content (AvgIpc) is 3.00. The van der Waals surface area contributed by atoms with Crippen LogP contribution in [0, 0.1) is 10.4 Å². The smallest absolute Gasteiger partial charge is 0.263 e. The molecule has 0 spiro atoms. The molecular formula is C12H16N4O5. The highest BCUT2D eigenvalue weighted by Gasteiger charge is 2.60. The van der Waals surface area contributed by atoms with Crippen molar-refractivity contribution in [2.75, 3.05) is 26.3 Å². The quantitative estimate of drug-likeness (QED) is 0.493. The largest absolute Gasteiger partial charge is 0.623 e. The van der Waals surface area contributed by atoms with Gasteiger partial charge in [0.05, 0.1) is 19.6 Å². The predicted molar refractivity (Wildman–Crippen MR) is 67.1 cm³/mol. The lowest BCUT2D eigenvalue weighted by molar-refractivity contribution is -0.808. The lowest BCUT2D eigenvalue weighted by atomic mass is 9.82. The van der Waals surface area contributed by atoms with Gasteiger partial charge in [0.25, 0.3) is 5.69 Å². The fraction of sp³-hybridized carbons (Fsp3) is 0.750. The molecule has 0 unspecified atom stereocenters. The van der Waals surface area contributed by atoms with Gasteiger partial charge in [-0.1, -0.05) is 0 Å². The molecule has 3 aliphatic rings. The topological polar surface area (TPSA) is 112 Å². The van der Waals surface area contributed by atoms with E-state index in [9.17, 15) is 15.5 Å². The third-order valence-electron chi connectivity index (χ3n) is 4.65. The number of ether oxygens (including phenoxy) is 1. The first-order chi connectivity index (χ1) is 10.1. The van der Waals surface area contributed by atoms with Gasteiger partial charge in [-0.05, 0) is 4.90 Å². The first kappa shape index (κ1) is 13.0. The van der Waals surface area contributed by atoms with Crippen molar-refractivity contribution in [2.24, 2.45) is 0 Å². The van der Waals surface area contributed by atoms with Crippen LogP contribution in [0.5, 0.6) is 0 Å². The van der Waals surface area contributed by atoms with Gasteiger partial charge < -0.3 is 20.3 Å². The van der Waals surface area contributed by atoms with Crippen LogP contribution in [-0.2, 0) is 16.8 Å². The van der Waals surface area contributed by atoms with Crippen LogP contribution in [0.15, 0.2) is 4.63 Å². The molecule has 2 aliphatic heterocycles. The fourth-order valence-electron chi connectivity index (χ4n) is 3.56. The van der Waals surface area contributed by atoms with Crippen molar-refractivity contribution in [1.82, 2.24) is 10.1 Å².